The summed E-state index contributed by atoms with van der Waals surface area (Å²) in [6.45, 7) is 7.54. The van der Waals surface area contributed by atoms with Crippen molar-refractivity contribution in [3.8, 4) is 0 Å². The summed E-state index contributed by atoms with van der Waals surface area (Å²) in [5, 5.41) is 1.30. The summed E-state index contributed by atoms with van der Waals surface area (Å²) >= 11 is 12.6. The number of hydrogen-bond donors (Lipinski definition) is 0. The lowest BCUT2D eigenvalue weighted by molar-refractivity contribution is -0.122. The highest BCUT2D eigenvalue weighted by Gasteiger charge is 2.39. The molecule has 3 aliphatic rings. The second kappa shape index (κ2) is 10.2. The van der Waals surface area contributed by atoms with Crippen LogP contribution in [0.3, 0.4) is 0 Å². The van der Waals surface area contributed by atoms with E-state index in [9.17, 15) is 4.79 Å². The van der Waals surface area contributed by atoms with Crippen molar-refractivity contribution in [2.24, 2.45) is 5.92 Å². The topological polar surface area (TPSA) is 26.8 Å². The minimum Gasteiger partial charge on any atom is -0.368 e. The van der Waals surface area contributed by atoms with Gasteiger partial charge in [0.05, 0.1) is 21.3 Å². The molecular formula is C24H35Cl2N3O. The molecule has 0 aromatic heterocycles. The fourth-order valence-corrected chi connectivity index (χ4v) is 6.07. The minimum absolute atomic E-state index is 0.138. The van der Waals surface area contributed by atoms with Crippen LogP contribution in [0.15, 0.2) is 18.2 Å². The number of anilines is 1. The Hall–Kier alpha value is -0.810. The monoisotopic (exact) mass is 451 g/mol. The van der Waals surface area contributed by atoms with E-state index in [4.69, 9.17) is 23.2 Å². The Morgan fingerprint density at radius 2 is 1.67 bits per heavy atom. The SMILES string of the molecule is O=CC1(N2CCC(CCN3CCN(c4cccc(Cl)c4Cl)CC3)CC2)CCCCC1. The number of nitrogens with zero attached hydrogens (tertiary/aromatic N) is 3. The lowest BCUT2D eigenvalue weighted by Crippen LogP contribution is -2.54. The van der Waals surface area contributed by atoms with E-state index in [0.29, 0.717) is 10.0 Å². The van der Waals surface area contributed by atoms with Crippen molar-refractivity contribution in [1.82, 2.24) is 9.80 Å². The molecule has 0 amide bonds. The third kappa shape index (κ3) is 4.98. The molecule has 1 saturated carbocycles. The molecule has 166 valence electrons. The number of carbonyl (C=O) groups excluding carboxylic acids is 1. The summed E-state index contributed by atoms with van der Waals surface area (Å²) in [5.74, 6) is 0.800. The smallest absolute Gasteiger partial charge is 0.140 e. The molecule has 6 heteroatoms. The van der Waals surface area contributed by atoms with Gasteiger partial charge >= 0.3 is 0 Å². The van der Waals surface area contributed by atoms with Crippen molar-refractivity contribution in [3.63, 3.8) is 0 Å². The largest absolute Gasteiger partial charge is 0.368 e. The van der Waals surface area contributed by atoms with Gasteiger partial charge in [0.2, 0.25) is 0 Å². The number of aldehydes is 1. The molecule has 0 spiro atoms. The zero-order chi connectivity index (χ0) is 21.0. The fraction of sp³-hybridized carbons (Fsp3) is 0.708. The molecular weight excluding hydrogens is 417 g/mol. The standard InChI is InChI=1S/C24H35Cl2N3O/c25-21-5-4-6-22(23(21)26)28-17-15-27(16-18-28)12-7-20-8-13-29(14-9-20)24(19-30)10-2-1-3-11-24/h4-6,19-20H,1-3,7-18H2. The van der Waals surface area contributed by atoms with E-state index in [1.165, 1.54) is 51.4 Å². The summed E-state index contributed by atoms with van der Waals surface area (Å²) in [4.78, 5) is 19.4. The van der Waals surface area contributed by atoms with Gasteiger partial charge in [-0.1, -0.05) is 48.5 Å². The van der Waals surface area contributed by atoms with Gasteiger partial charge in [-0.2, -0.15) is 0 Å². The number of carbonyl (C=O) groups is 1. The molecule has 1 aromatic rings. The highest BCUT2D eigenvalue weighted by atomic mass is 35.5. The van der Waals surface area contributed by atoms with E-state index in [2.05, 4.69) is 20.8 Å². The maximum atomic E-state index is 11.9. The Kier molecular flexibility index (Phi) is 7.62. The Labute approximate surface area is 191 Å². The predicted octanol–water partition coefficient (Wildman–Crippen LogP) is 5.12. The first kappa shape index (κ1) is 22.4. The Morgan fingerprint density at radius 1 is 0.967 bits per heavy atom. The van der Waals surface area contributed by atoms with Gasteiger partial charge in [-0.15, -0.1) is 0 Å². The lowest BCUT2D eigenvalue weighted by Gasteiger charge is -2.46. The summed E-state index contributed by atoms with van der Waals surface area (Å²) < 4.78 is 0. The number of rotatable bonds is 6. The number of piperidine rings is 1. The minimum atomic E-state index is -0.138. The summed E-state index contributed by atoms with van der Waals surface area (Å²) in [7, 11) is 0. The van der Waals surface area contributed by atoms with Gasteiger partial charge in [-0.05, 0) is 69.8 Å². The second-order valence-electron chi connectivity index (χ2n) is 9.40. The first-order valence-electron chi connectivity index (χ1n) is 11.7. The zero-order valence-electron chi connectivity index (χ0n) is 18.0. The van der Waals surface area contributed by atoms with Crippen molar-refractivity contribution in [1.29, 1.82) is 0 Å². The Morgan fingerprint density at radius 3 is 2.33 bits per heavy atom. The van der Waals surface area contributed by atoms with Gasteiger partial charge in [0.25, 0.3) is 0 Å². The molecule has 4 nitrogen and oxygen atoms in total. The number of piperazine rings is 1. The molecule has 2 aliphatic heterocycles. The molecule has 3 fully saturated rings. The summed E-state index contributed by atoms with van der Waals surface area (Å²) in [6.07, 6.45) is 10.9. The van der Waals surface area contributed by atoms with Gasteiger partial charge in [-0.3, -0.25) is 9.80 Å². The maximum Gasteiger partial charge on any atom is 0.140 e. The number of hydrogen-bond acceptors (Lipinski definition) is 4. The van der Waals surface area contributed by atoms with Crippen molar-refractivity contribution in [2.75, 3.05) is 50.7 Å². The summed E-state index contributed by atoms with van der Waals surface area (Å²) in [6, 6.07) is 5.89. The third-order valence-electron chi connectivity index (χ3n) is 7.68. The molecule has 0 radical (unpaired) electrons. The quantitative estimate of drug-likeness (QED) is 0.560. The van der Waals surface area contributed by atoms with Crippen LogP contribution in [0.4, 0.5) is 5.69 Å². The Bertz CT molecular complexity index is 706. The van der Waals surface area contributed by atoms with Gasteiger partial charge in [0.1, 0.15) is 6.29 Å². The van der Waals surface area contributed by atoms with E-state index in [0.717, 1.165) is 63.7 Å². The van der Waals surface area contributed by atoms with Crippen LogP contribution in [-0.4, -0.2) is 67.4 Å². The Balaban J connectivity index is 1.20. The van der Waals surface area contributed by atoms with Crippen LogP contribution in [0.5, 0.6) is 0 Å². The first-order chi connectivity index (χ1) is 14.6. The lowest BCUT2D eigenvalue weighted by atomic mass is 9.79. The van der Waals surface area contributed by atoms with Gasteiger partial charge < -0.3 is 9.69 Å². The van der Waals surface area contributed by atoms with Crippen molar-refractivity contribution >= 4 is 35.2 Å². The number of benzene rings is 1. The molecule has 1 aromatic carbocycles. The number of likely N-dealkylation sites (tertiary alicyclic amines) is 1. The van der Waals surface area contributed by atoms with Crippen LogP contribution in [0.25, 0.3) is 0 Å². The fourth-order valence-electron chi connectivity index (χ4n) is 5.65. The number of halogens is 2. The zero-order valence-corrected chi connectivity index (χ0v) is 19.5. The van der Waals surface area contributed by atoms with E-state index in [-0.39, 0.29) is 5.54 Å². The highest BCUT2D eigenvalue weighted by molar-refractivity contribution is 6.43. The first-order valence-corrected chi connectivity index (χ1v) is 12.5. The average Bonchev–Trinajstić information content (AvgIpc) is 2.81. The van der Waals surface area contributed by atoms with Gasteiger partial charge in [0, 0.05) is 26.2 Å². The summed E-state index contributed by atoms with van der Waals surface area (Å²) in [5.41, 5.74) is 0.921. The molecule has 2 saturated heterocycles. The van der Waals surface area contributed by atoms with Crippen LogP contribution in [-0.2, 0) is 4.79 Å². The maximum absolute atomic E-state index is 11.9. The van der Waals surface area contributed by atoms with Crippen LogP contribution < -0.4 is 4.90 Å². The van der Waals surface area contributed by atoms with Crippen molar-refractivity contribution in [2.45, 2.75) is 56.9 Å². The molecule has 0 atom stereocenters. The molecule has 2 heterocycles. The normalized spacial score (nSPS) is 24.1. The van der Waals surface area contributed by atoms with Gasteiger partial charge in [-0.25, -0.2) is 0 Å². The van der Waals surface area contributed by atoms with Crippen molar-refractivity contribution < 1.29 is 4.79 Å². The molecule has 0 unspecified atom stereocenters. The van der Waals surface area contributed by atoms with Crippen LogP contribution in [0.2, 0.25) is 10.0 Å². The van der Waals surface area contributed by atoms with E-state index in [1.807, 2.05) is 12.1 Å². The average molecular weight is 452 g/mol. The highest BCUT2D eigenvalue weighted by Crippen LogP contribution is 2.36. The molecule has 1 aliphatic carbocycles. The predicted molar refractivity (Wildman–Crippen MR) is 126 cm³/mol. The molecule has 0 N–H and O–H groups in total. The van der Waals surface area contributed by atoms with Crippen molar-refractivity contribution in [3.05, 3.63) is 28.2 Å². The van der Waals surface area contributed by atoms with Crippen LogP contribution >= 0.6 is 23.2 Å². The van der Waals surface area contributed by atoms with E-state index in [1.54, 1.807) is 0 Å². The van der Waals surface area contributed by atoms with Gasteiger partial charge in [0.15, 0.2) is 0 Å². The van der Waals surface area contributed by atoms with E-state index >= 15 is 0 Å². The van der Waals surface area contributed by atoms with Crippen LogP contribution in [0.1, 0.15) is 51.4 Å². The van der Waals surface area contributed by atoms with Crippen LogP contribution in [0, 0.1) is 5.92 Å². The second-order valence-corrected chi connectivity index (χ2v) is 10.2. The molecule has 0 bridgehead atoms. The molecule has 4 rings (SSSR count). The molecule has 30 heavy (non-hydrogen) atoms. The third-order valence-corrected chi connectivity index (χ3v) is 8.49. The van der Waals surface area contributed by atoms with E-state index < -0.39 is 0 Å².